The first kappa shape index (κ1) is 55.7. The largest absolute Gasteiger partial charge is 0.508 e. The average Bonchev–Trinajstić information content (AvgIpc) is 3.28. The van der Waals surface area contributed by atoms with Gasteiger partial charge in [-0.1, -0.05) is 54.6 Å². The number of nitrogens with two attached hydrogens (primary N) is 2. The van der Waals surface area contributed by atoms with Gasteiger partial charge < -0.3 is 79.3 Å². The number of carbonyl (C=O) groups excluding carboxylic acids is 8. The van der Waals surface area contributed by atoms with E-state index in [2.05, 4.69) is 37.2 Å². The number of carboxylic acid groups (broad SMARTS) is 1. The molecule has 0 unspecified atom stereocenters. The van der Waals surface area contributed by atoms with E-state index in [1.54, 1.807) is 30.3 Å². The third-order valence-corrected chi connectivity index (χ3v) is 10.3. The number of rotatable bonds is 26. The van der Waals surface area contributed by atoms with Gasteiger partial charge in [0.25, 0.3) is 0 Å². The number of primary amides is 1. The summed E-state index contributed by atoms with van der Waals surface area (Å²) in [6.07, 6.45) is -6.58. The van der Waals surface area contributed by atoms with Crippen LogP contribution in [-0.2, 0) is 62.4 Å². The molecule has 24 heteroatoms. The van der Waals surface area contributed by atoms with Crippen molar-refractivity contribution in [1.82, 2.24) is 37.2 Å². The molecule has 24 nitrogen and oxygen atoms in total. The van der Waals surface area contributed by atoms with E-state index in [1.165, 1.54) is 55.5 Å². The summed E-state index contributed by atoms with van der Waals surface area (Å²) < 4.78 is 0. The summed E-state index contributed by atoms with van der Waals surface area (Å²) in [5.41, 5.74) is 11.9. The van der Waals surface area contributed by atoms with E-state index in [-0.39, 0.29) is 30.8 Å². The molecule has 0 saturated carbocycles. The molecule has 3 aromatic rings. The highest BCUT2D eigenvalue weighted by Gasteiger charge is 2.37. The van der Waals surface area contributed by atoms with Gasteiger partial charge in [-0.15, -0.1) is 0 Å². The maximum absolute atomic E-state index is 14.1. The monoisotopic (exact) mass is 965 g/mol. The van der Waals surface area contributed by atoms with Gasteiger partial charge in [0.1, 0.15) is 53.8 Å². The van der Waals surface area contributed by atoms with Crippen LogP contribution in [0.2, 0.25) is 0 Å². The van der Waals surface area contributed by atoms with Gasteiger partial charge in [0.15, 0.2) is 0 Å². The second kappa shape index (κ2) is 26.6. The Morgan fingerprint density at radius 2 is 0.783 bits per heavy atom. The molecule has 17 N–H and O–H groups in total. The molecule has 374 valence electrons. The molecule has 3 aromatic carbocycles. The fraction of sp³-hybridized carbons (Fsp3) is 0.400. The number of aromatic hydroxyl groups is 2. The number of aliphatic carboxylic acids is 1. The summed E-state index contributed by atoms with van der Waals surface area (Å²) in [5.74, 6) is -10.3. The summed E-state index contributed by atoms with van der Waals surface area (Å²) in [4.78, 5) is 118. The van der Waals surface area contributed by atoms with Gasteiger partial charge in [-0.05, 0) is 61.7 Å². The Morgan fingerprint density at radius 1 is 0.464 bits per heavy atom. The average molecular weight is 966 g/mol. The molecular formula is C45H59N9O15. The van der Waals surface area contributed by atoms with E-state index in [9.17, 15) is 73.8 Å². The zero-order valence-electron chi connectivity index (χ0n) is 37.8. The predicted molar refractivity (Wildman–Crippen MR) is 243 cm³/mol. The molecule has 0 aliphatic rings. The van der Waals surface area contributed by atoms with Crippen LogP contribution >= 0.6 is 0 Å². The topological polar surface area (TPSA) is 411 Å². The Hall–Kier alpha value is -7.67. The van der Waals surface area contributed by atoms with Crippen molar-refractivity contribution in [2.75, 3.05) is 6.54 Å². The van der Waals surface area contributed by atoms with Crippen molar-refractivity contribution in [3.05, 3.63) is 95.6 Å². The maximum atomic E-state index is 14.1. The summed E-state index contributed by atoms with van der Waals surface area (Å²) >= 11 is 0. The molecule has 3 rings (SSSR count). The van der Waals surface area contributed by atoms with Gasteiger partial charge in [-0.25, -0.2) is 4.79 Å². The highest BCUT2D eigenvalue weighted by molar-refractivity contribution is 5.98. The Kier molecular flexibility index (Phi) is 21.5. The molecule has 0 spiro atoms. The van der Waals surface area contributed by atoms with Crippen LogP contribution in [0.5, 0.6) is 11.5 Å². The zero-order valence-corrected chi connectivity index (χ0v) is 37.8. The number of benzene rings is 3. The van der Waals surface area contributed by atoms with Crippen LogP contribution in [0.4, 0.5) is 0 Å². The van der Waals surface area contributed by atoms with Crippen LogP contribution < -0.4 is 48.7 Å². The van der Waals surface area contributed by atoms with Gasteiger partial charge in [0.2, 0.25) is 47.3 Å². The second-order valence-corrected chi connectivity index (χ2v) is 16.1. The van der Waals surface area contributed by atoms with E-state index < -0.39 is 127 Å². The smallest absolute Gasteiger partial charge is 0.326 e. The van der Waals surface area contributed by atoms with Crippen LogP contribution in [0.15, 0.2) is 78.9 Å². The SMILES string of the molecule is C[C@@H](O)[C@H](NC(=O)[C@H](Cc1ccc(O)cc1)NC(=O)CN)C(=O)N[C@@H](Cc1ccccc1)C(=O)N[C@H](C(=O)N[C@H](C(=O)N[C@@H](Cc1ccc(O)cc1)C(=O)N[C@@H](CC(N)=O)C(=O)O)[C@@H](C)O)[C@@H](C)O. The maximum Gasteiger partial charge on any atom is 0.326 e. The molecule has 69 heavy (non-hydrogen) atoms. The number of phenols is 2. The van der Waals surface area contributed by atoms with Crippen LogP contribution in [0.3, 0.4) is 0 Å². The minimum Gasteiger partial charge on any atom is -0.508 e. The van der Waals surface area contributed by atoms with Crippen molar-refractivity contribution in [2.45, 2.75) is 107 Å². The van der Waals surface area contributed by atoms with Gasteiger partial charge >= 0.3 is 5.97 Å². The normalized spacial score (nSPS) is 15.3. The number of aliphatic hydroxyl groups excluding tert-OH is 3. The molecule has 10 atom stereocenters. The Morgan fingerprint density at radius 3 is 1.13 bits per heavy atom. The minimum atomic E-state index is -1.91. The van der Waals surface area contributed by atoms with Gasteiger partial charge in [-0.2, -0.15) is 0 Å². The van der Waals surface area contributed by atoms with Crippen molar-refractivity contribution >= 4 is 53.2 Å². The summed E-state index contributed by atoms with van der Waals surface area (Å²) in [5, 5.41) is 77.4. The predicted octanol–water partition coefficient (Wildman–Crippen LogP) is -4.42. The Labute approximate surface area is 395 Å². The lowest BCUT2D eigenvalue weighted by Gasteiger charge is -2.29. The Balaban J connectivity index is 1.88. The first-order valence-corrected chi connectivity index (χ1v) is 21.5. The Bertz CT molecular complexity index is 2260. The van der Waals surface area contributed by atoms with E-state index >= 15 is 0 Å². The lowest BCUT2D eigenvalue weighted by molar-refractivity contribution is -0.144. The third kappa shape index (κ3) is 18.2. The number of nitrogens with one attached hydrogen (secondary N) is 7. The summed E-state index contributed by atoms with van der Waals surface area (Å²) in [6.45, 7) is 2.87. The first-order chi connectivity index (χ1) is 32.5. The molecule has 0 aliphatic carbocycles. The molecule has 8 amide bonds. The number of carboxylic acids is 1. The van der Waals surface area contributed by atoms with Crippen molar-refractivity contribution in [2.24, 2.45) is 11.5 Å². The lowest BCUT2D eigenvalue weighted by atomic mass is 10.0. The standard InChI is InChI=1S/C45H59N9O15/c1-22(55)36(52-40(63)30(48-35(61)21-46)18-26-9-13-28(58)14-10-26)42(65)50-32(17-25-7-5-4-6-8-25)41(64)53-38(24(3)57)44(67)54-37(23(2)56)43(66)49-31(19-27-11-15-29(59)16-12-27)39(62)51-33(45(68)69)20-34(47)60/h4-16,22-24,30-33,36-38,55-59H,17-21,46H2,1-3H3,(H2,47,60)(H,48,61)(H,49,66)(H,50,65)(H,51,62)(H,52,63)(H,53,64)(H,54,67)(H,68,69)/t22-,23-,24-,30+,31+,32+,33+,36+,37+,38+/m1/s1. The van der Waals surface area contributed by atoms with Crippen molar-refractivity contribution in [1.29, 1.82) is 0 Å². The molecule has 0 saturated heterocycles. The number of aliphatic hydroxyl groups is 3. The van der Waals surface area contributed by atoms with Crippen LogP contribution in [-0.4, -0.2) is 151 Å². The van der Waals surface area contributed by atoms with Crippen molar-refractivity contribution in [3.63, 3.8) is 0 Å². The van der Waals surface area contributed by atoms with Crippen LogP contribution in [0.25, 0.3) is 0 Å². The van der Waals surface area contributed by atoms with Crippen LogP contribution in [0.1, 0.15) is 43.9 Å². The second-order valence-electron chi connectivity index (χ2n) is 16.1. The zero-order chi connectivity index (χ0) is 51.5. The summed E-state index contributed by atoms with van der Waals surface area (Å²) in [6, 6.07) is 7.24. The number of hydrogen-bond donors (Lipinski definition) is 15. The number of amides is 8. The molecule has 0 aliphatic heterocycles. The minimum absolute atomic E-state index is 0.0615. The number of hydrogen-bond acceptors (Lipinski definition) is 15. The van der Waals surface area contributed by atoms with Crippen LogP contribution in [0, 0.1) is 0 Å². The molecule has 0 radical (unpaired) electrons. The third-order valence-electron chi connectivity index (χ3n) is 10.3. The van der Waals surface area contributed by atoms with E-state index in [1.807, 2.05) is 0 Å². The van der Waals surface area contributed by atoms with E-state index in [4.69, 9.17) is 11.5 Å². The molecule has 0 heterocycles. The van der Waals surface area contributed by atoms with Gasteiger partial charge in [0, 0.05) is 19.3 Å². The highest BCUT2D eigenvalue weighted by atomic mass is 16.4. The van der Waals surface area contributed by atoms with E-state index in [0.717, 1.165) is 13.8 Å². The first-order valence-electron chi connectivity index (χ1n) is 21.5. The molecule has 0 bridgehead atoms. The fourth-order valence-electron chi connectivity index (χ4n) is 6.63. The van der Waals surface area contributed by atoms with Crippen molar-refractivity contribution < 1.29 is 73.8 Å². The molecular weight excluding hydrogens is 907 g/mol. The number of carbonyl (C=O) groups is 9. The summed E-state index contributed by atoms with van der Waals surface area (Å²) in [7, 11) is 0. The highest BCUT2D eigenvalue weighted by Crippen LogP contribution is 2.14. The quantitative estimate of drug-likeness (QED) is 0.0361. The number of phenolic OH excluding ortho intramolecular Hbond substituents is 2. The van der Waals surface area contributed by atoms with Crippen molar-refractivity contribution in [3.8, 4) is 11.5 Å². The molecule has 0 aromatic heterocycles. The van der Waals surface area contributed by atoms with E-state index in [0.29, 0.717) is 16.7 Å². The van der Waals surface area contributed by atoms with Gasteiger partial charge in [-0.3, -0.25) is 38.4 Å². The lowest BCUT2D eigenvalue weighted by Crippen LogP contribution is -2.64. The van der Waals surface area contributed by atoms with Gasteiger partial charge in [0.05, 0.1) is 31.3 Å². The molecule has 0 fully saturated rings. The fourth-order valence-corrected chi connectivity index (χ4v) is 6.63.